The third-order valence-electron chi connectivity index (χ3n) is 1.25. The summed E-state index contributed by atoms with van der Waals surface area (Å²) >= 11 is 5.20. The number of benzene rings is 1. The van der Waals surface area contributed by atoms with E-state index in [1.54, 1.807) is 0 Å². The van der Waals surface area contributed by atoms with Crippen molar-refractivity contribution in [1.82, 2.24) is 0 Å². The van der Waals surface area contributed by atoms with Crippen LogP contribution in [0.1, 0.15) is 10.4 Å². The second-order valence-electron chi connectivity index (χ2n) is 2.01. The van der Waals surface area contributed by atoms with Crippen LogP contribution in [0.2, 0.25) is 5.02 Å². The molecule has 64 valence electrons. The fraction of sp³-hybridized carbons (Fsp3) is 0. The van der Waals surface area contributed by atoms with Crippen LogP contribution in [0.4, 0.5) is 8.78 Å². The normalized spacial score (nSPS) is 9.15. The molecule has 1 rings (SSSR count). The maximum Gasteiger partial charge on any atom is 1.00 e. The zero-order valence-electron chi connectivity index (χ0n) is 6.61. The van der Waals surface area contributed by atoms with E-state index in [-0.39, 0.29) is 51.4 Å². The van der Waals surface area contributed by atoms with Gasteiger partial charge in [-0.05, 0) is 12.1 Å². The minimum absolute atomic E-state index is 0. The van der Waals surface area contributed by atoms with Crippen LogP contribution < -0.4 is 56.5 Å². The summed E-state index contributed by atoms with van der Waals surface area (Å²) in [6.07, 6.45) is 0. The Hall–Kier alpha value is 0.476. The van der Waals surface area contributed by atoms with E-state index in [1.807, 2.05) is 0 Å². The van der Waals surface area contributed by atoms with Crippen LogP contribution in [0.25, 0.3) is 0 Å². The third-order valence-corrected chi connectivity index (χ3v) is 1.54. The van der Waals surface area contributed by atoms with Crippen molar-refractivity contribution >= 4 is 17.6 Å². The molecule has 0 aliphatic carbocycles. The molecule has 0 bridgehead atoms. The van der Waals surface area contributed by atoms with E-state index in [9.17, 15) is 18.7 Å². The predicted molar refractivity (Wildman–Crippen MR) is 35.7 cm³/mol. The van der Waals surface area contributed by atoms with Gasteiger partial charge in [-0.15, -0.1) is 0 Å². The van der Waals surface area contributed by atoms with E-state index in [2.05, 4.69) is 0 Å². The smallest absolute Gasteiger partial charge is 0.545 e. The van der Waals surface area contributed by atoms with Crippen molar-refractivity contribution in [3.05, 3.63) is 34.4 Å². The maximum absolute atomic E-state index is 12.7. The van der Waals surface area contributed by atoms with Gasteiger partial charge in [-0.2, -0.15) is 0 Å². The number of rotatable bonds is 1. The SMILES string of the molecule is O=C([O-])c1c(F)ccc(Cl)c1F.[K+]. The number of carboxylic acid groups (broad SMARTS) is 1. The van der Waals surface area contributed by atoms with Crippen molar-refractivity contribution in [2.45, 2.75) is 0 Å². The average molecular weight is 231 g/mol. The quantitative estimate of drug-likeness (QED) is 0.413. The standard InChI is InChI=1S/C7H3ClF2O2.K/c8-3-1-2-4(9)5(6(3)10)7(11)12;/h1-2H,(H,11,12);/q;+1/p-1. The van der Waals surface area contributed by atoms with Crippen molar-refractivity contribution < 1.29 is 70.1 Å². The molecule has 0 aliphatic rings. The van der Waals surface area contributed by atoms with Gasteiger partial charge >= 0.3 is 51.4 Å². The Balaban J connectivity index is 0.00000144. The zero-order chi connectivity index (χ0) is 9.30. The number of hydrogen-bond donors (Lipinski definition) is 0. The first kappa shape index (κ1) is 13.5. The molecule has 0 fully saturated rings. The average Bonchev–Trinajstić information content (AvgIpc) is 1.97. The zero-order valence-corrected chi connectivity index (χ0v) is 10.5. The van der Waals surface area contributed by atoms with E-state index < -0.39 is 28.2 Å². The first-order valence-corrected chi connectivity index (χ1v) is 3.26. The molecule has 1 aromatic rings. The van der Waals surface area contributed by atoms with Crippen LogP contribution in [0.15, 0.2) is 12.1 Å². The monoisotopic (exact) mass is 230 g/mol. The number of carboxylic acids is 1. The van der Waals surface area contributed by atoms with E-state index in [1.165, 1.54) is 0 Å². The molecular weight excluding hydrogens is 229 g/mol. The first-order chi connectivity index (χ1) is 5.54. The molecule has 13 heavy (non-hydrogen) atoms. The van der Waals surface area contributed by atoms with Crippen LogP contribution in [0.5, 0.6) is 0 Å². The minimum Gasteiger partial charge on any atom is -0.545 e. The predicted octanol–water partition coefficient (Wildman–Crippen LogP) is -2.01. The van der Waals surface area contributed by atoms with Gasteiger partial charge in [0.15, 0.2) is 5.82 Å². The molecular formula is C7H2ClF2KO2. The molecule has 0 unspecified atom stereocenters. The van der Waals surface area contributed by atoms with Crippen molar-refractivity contribution in [3.63, 3.8) is 0 Å². The summed E-state index contributed by atoms with van der Waals surface area (Å²) in [5, 5.41) is 9.70. The molecule has 0 amide bonds. The second kappa shape index (κ2) is 5.38. The number of hydrogen-bond acceptors (Lipinski definition) is 2. The van der Waals surface area contributed by atoms with Gasteiger partial charge in [0.2, 0.25) is 0 Å². The molecule has 0 aliphatic heterocycles. The Morgan fingerprint density at radius 2 is 1.92 bits per heavy atom. The van der Waals surface area contributed by atoms with Crippen molar-refractivity contribution in [1.29, 1.82) is 0 Å². The number of carbonyl (C=O) groups excluding carboxylic acids is 1. The molecule has 6 heteroatoms. The van der Waals surface area contributed by atoms with E-state index in [0.717, 1.165) is 12.1 Å². The van der Waals surface area contributed by atoms with Crippen molar-refractivity contribution in [2.75, 3.05) is 0 Å². The van der Waals surface area contributed by atoms with Gasteiger partial charge in [0.1, 0.15) is 5.82 Å². The Morgan fingerprint density at radius 1 is 1.38 bits per heavy atom. The fourth-order valence-electron chi connectivity index (χ4n) is 0.714. The van der Waals surface area contributed by atoms with Gasteiger partial charge in [-0.25, -0.2) is 8.78 Å². The number of aromatic carboxylic acids is 1. The topological polar surface area (TPSA) is 40.1 Å². The van der Waals surface area contributed by atoms with Gasteiger partial charge < -0.3 is 9.90 Å². The van der Waals surface area contributed by atoms with Crippen molar-refractivity contribution in [3.8, 4) is 0 Å². The molecule has 0 saturated heterocycles. The second-order valence-corrected chi connectivity index (χ2v) is 2.41. The van der Waals surface area contributed by atoms with E-state index in [0.29, 0.717) is 0 Å². The third kappa shape index (κ3) is 2.97. The Labute approximate surface area is 120 Å². The number of halogens is 3. The van der Waals surface area contributed by atoms with E-state index in [4.69, 9.17) is 11.6 Å². The van der Waals surface area contributed by atoms with E-state index >= 15 is 0 Å². The van der Waals surface area contributed by atoms with Gasteiger partial charge in [-0.3, -0.25) is 0 Å². The molecule has 1 aromatic carbocycles. The Morgan fingerprint density at radius 3 is 2.31 bits per heavy atom. The summed E-state index contributed by atoms with van der Waals surface area (Å²) in [5.41, 5.74) is -1.14. The van der Waals surface area contributed by atoms with Crippen LogP contribution >= 0.6 is 11.6 Å². The summed E-state index contributed by atoms with van der Waals surface area (Å²) in [6.45, 7) is 0. The van der Waals surface area contributed by atoms with Gasteiger partial charge in [-0.1, -0.05) is 11.6 Å². The Bertz CT molecular complexity index is 344. The summed E-state index contributed by atoms with van der Waals surface area (Å²) in [7, 11) is 0. The Kier molecular flexibility index (Phi) is 5.58. The summed E-state index contributed by atoms with van der Waals surface area (Å²) in [6, 6.07) is 1.69. The molecule has 0 heterocycles. The molecule has 0 saturated carbocycles. The van der Waals surface area contributed by atoms with Gasteiger partial charge in [0.05, 0.1) is 16.6 Å². The summed E-state index contributed by atoms with van der Waals surface area (Å²) in [5.74, 6) is -4.43. The van der Waals surface area contributed by atoms with Crippen LogP contribution in [-0.4, -0.2) is 5.97 Å². The molecule has 0 spiro atoms. The van der Waals surface area contributed by atoms with Crippen LogP contribution in [0.3, 0.4) is 0 Å². The number of carbonyl (C=O) groups is 1. The van der Waals surface area contributed by atoms with Crippen molar-refractivity contribution in [2.24, 2.45) is 0 Å². The molecule has 0 aromatic heterocycles. The molecule has 2 nitrogen and oxygen atoms in total. The minimum atomic E-state index is -1.92. The van der Waals surface area contributed by atoms with Gasteiger partial charge in [0.25, 0.3) is 0 Å². The summed E-state index contributed by atoms with van der Waals surface area (Å²) in [4.78, 5) is 10.1. The molecule has 0 radical (unpaired) electrons. The fourth-order valence-corrected chi connectivity index (χ4v) is 0.872. The largest absolute Gasteiger partial charge is 1.00 e. The van der Waals surface area contributed by atoms with Crippen LogP contribution in [-0.2, 0) is 0 Å². The maximum atomic E-state index is 12.7. The van der Waals surface area contributed by atoms with Gasteiger partial charge in [0, 0.05) is 0 Å². The summed E-state index contributed by atoms with van der Waals surface area (Å²) < 4.78 is 25.3. The van der Waals surface area contributed by atoms with Crippen LogP contribution in [0, 0.1) is 11.6 Å². The molecule has 0 atom stereocenters. The molecule has 0 N–H and O–H groups in total. The first-order valence-electron chi connectivity index (χ1n) is 2.89.